The van der Waals surface area contributed by atoms with Crippen LogP contribution in [-0.2, 0) is 16.1 Å². The number of hydrogen-bond acceptors (Lipinski definition) is 3. The Balaban J connectivity index is 1.55. The number of carboxylic acids is 1. The molecule has 2 saturated carbocycles. The van der Waals surface area contributed by atoms with Crippen molar-refractivity contribution < 1.29 is 19.4 Å². The van der Waals surface area contributed by atoms with Crippen molar-refractivity contribution >= 4 is 12.1 Å². The minimum Gasteiger partial charge on any atom is -0.481 e. The molecule has 2 unspecified atom stereocenters. The summed E-state index contributed by atoms with van der Waals surface area (Å²) in [4.78, 5) is 23.3. The van der Waals surface area contributed by atoms with Crippen molar-refractivity contribution in [3.8, 4) is 0 Å². The van der Waals surface area contributed by atoms with Crippen LogP contribution in [0.3, 0.4) is 0 Å². The average molecular weight is 317 g/mol. The zero-order valence-electron chi connectivity index (χ0n) is 13.1. The topological polar surface area (TPSA) is 75.6 Å². The van der Waals surface area contributed by atoms with Crippen LogP contribution in [0.25, 0.3) is 0 Å². The highest BCUT2D eigenvalue weighted by atomic mass is 16.5. The van der Waals surface area contributed by atoms with Crippen molar-refractivity contribution in [1.29, 1.82) is 0 Å². The molecule has 4 atom stereocenters. The van der Waals surface area contributed by atoms with Gasteiger partial charge in [-0.1, -0.05) is 36.8 Å². The van der Waals surface area contributed by atoms with Crippen LogP contribution in [0.2, 0.25) is 0 Å². The highest BCUT2D eigenvalue weighted by Gasteiger charge is 2.43. The van der Waals surface area contributed by atoms with E-state index in [0.717, 1.165) is 24.8 Å². The Hall–Kier alpha value is -2.04. The highest BCUT2D eigenvalue weighted by molar-refractivity contribution is 5.70. The Morgan fingerprint density at radius 3 is 2.39 bits per heavy atom. The summed E-state index contributed by atoms with van der Waals surface area (Å²) in [5.74, 6) is -0.448. The molecule has 0 heterocycles. The van der Waals surface area contributed by atoms with Gasteiger partial charge in [-0.3, -0.25) is 4.79 Å². The number of carboxylic acid groups (broad SMARTS) is 1. The molecule has 5 nitrogen and oxygen atoms in total. The SMILES string of the molecule is O=C(NC1[C@@H]2CCC[C@H]1CC(C(=O)O)C2)OCc1ccccc1. The van der Waals surface area contributed by atoms with E-state index in [1.165, 1.54) is 0 Å². The maximum atomic E-state index is 12.1. The molecule has 2 aliphatic carbocycles. The summed E-state index contributed by atoms with van der Waals surface area (Å²) >= 11 is 0. The lowest BCUT2D eigenvalue weighted by molar-refractivity contribution is -0.145. The van der Waals surface area contributed by atoms with Crippen LogP contribution in [0.4, 0.5) is 4.79 Å². The standard InChI is InChI=1S/C18H23NO4/c20-17(21)15-9-13-7-4-8-14(10-15)16(13)19-18(22)23-11-12-5-2-1-3-6-12/h1-3,5-6,13-16H,4,7-11H2,(H,19,22)(H,20,21)/t13-,14+,15?,16?. The number of nitrogens with one attached hydrogen (secondary N) is 1. The zero-order valence-corrected chi connectivity index (χ0v) is 13.1. The number of rotatable bonds is 4. The Kier molecular flexibility index (Phi) is 4.84. The second-order valence-electron chi connectivity index (χ2n) is 6.69. The molecule has 0 spiro atoms. The molecule has 0 radical (unpaired) electrons. The molecule has 2 fully saturated rings. The van der Waals surface area contributed by atoms with Crippen molar-refractivity contribution in [3.63, 3.8) is 0 Å². The average Bonchev–Trinajstić information content (AvgIpc) is 2.53. The van der Waals surface area contributed by atoms with Gasteiger partial charge in [-0.25, -0.2) is 4.79 Å². The summed E-state index contributed by atoms with van der Waals surface area (Å²) in [6.45, 7) is 0.256. The van der Waals surface area contributed by atoms with Crippen LogP contribution in [-0.4, -0.2) is 23.2 Å². The van der Waals surface area contributed by atoms with Gasteiger partial charge in [-0.15, -0.1) is 0 Å². The maximum Gasteiger partial charge on any atom is 0.407 e. The molecule has 1 aromatic rings. The van der Waals surface area contributed by atoms with E-state index < -0.39 is 12.1 Å². The molecule has 1 aromatic carbocycles. The number of carbonyl (C=O) groups is 2. The smallest absolute Gasteiger partial charge is 0.407 e. The molecular weight excluding hydrogens is 294 g/mol. The van der Waals surface area contributed by atoms with E-state index in [0.29, 0.717) is 12.8 Å². The lowest BCUT2D eigenvalue weighted by Gasteiger charge is -2.44. The molecule has 23 heavy (non-hydrogen) atoms. The van der Waals surface area contributed by atoms with E-state index in [-0.39, 0.29) is 30.4 Å². The van der Waals surface area contributed by atoms with Gasteiger partial charge >= 0.3 is 12.1 Å². The number of alkyl carbamates (subject to hydrolysis) is 1. The first-order chi connectivity index (χ1) is 11.1. The molecular formula is C18H23NO4. The van der Waals surface area contributed by atoms with Crippen LogP contribution in [0.15, 0.2) is 30.3 Å². The predicted molar refractivity (Wildman–Crippen MR) is 84.7 cm³/mol. The van der Waals surface area contributed by atoms with Gasteiger partial charge in [0.05, 0.1) is 5.92 Å². The molecule has 2 aliphatic rings. The van der Waals surface area contributed by atoms with Gasteiger partial charge in [0.15, 0.2) is 0 Å². The summed E-state index contributed by atoms with van der Waals surface area (Å²) in [6.07, 6.45) is 4.03. The number of carbonyl (C=O) groups excluding carboxylic acids is 1. The van der Waals surface area contributed by atoms with Gasteiger partial charge in [-0.2, -0.15) is 0 Å². The van der Waals surface area contributed by atoms with E-state index in [1.54, 1.807) is 0 Å². The summed E-state index contributed by atoms with van der Waals surface area (Å²) in [5, 5.41) is 12.3. The zero-order chi connectivity index (χ0) is 16.2. The third-order valence-electron chi connectivity index (χ3n) is 5.19. The molecule has 124 valence electrons. The van der Waals surface area contributed by atoms with Crippen LogP contribution in [0.1, 0.15) is 37.7 Å². The Bertz CT molecular complexity index is 545. The van der Waals surface area contributed by atoms with Gasteiger partial charge in [0.25, 0.3) is 0 Å². The summed E-state index contributed by atoms with van der Waals surface area (Å²) in [6, 6.07) is 9.64. The van der Waals surface area contributed by atoms with Gasteiger partial charge in [0.2, 0.25) is 0 Å². The molecule has 2 N–H and O–H groups in total. The fourth-order valence-corrected chi connectivity index (χ4v) is 4.08. The summed E-state index contributed by atoms with van der Waals surface area (Å²) < 4.78 is 5.30. The van der Waals surface area contributed by atoms with Gasteiger partial charge in [0, 0.05) is 6.04 Å². The first-order valence-electron chi connectivity index (χ1n) is 8.33. The molecule has 0 aromatic heterocycles. The molecule has 3 rings (SSSR count). The van der Waals surface area contributed by atoms with Gasteiger partial charge in [0.1, 0.15) is 6.61 Å². The van der Waals surface area contributed by atoms with Crippen molar-refractivity contribution in [1.82, 2.24) is 5.32 Å². The largest absolute Gasteiger partial charge is 0.481 e. The van der Waals surface area contributed by atoms with Crippen molar-refractivity contribution in [2.75, 3.05) is 0 Å². The second-order valence-corrected chi connectivity index (χ2v) is 6.69. The van der Waals surface area contributed by atoms with Crippen molar-refractivity contribution in [2.45, 2.75) is 44.8 Å². The maximum absolute atomic E-state index is 12.1. The van der Waals surface area contributed by atoms with E-state index >= 15 is 0 Å². The van der Waals surface area contributed by atoms with E-state index in [1.807, 2.05) is 30.3 Å². The third-order valence-corrected chi connectivity index (χ3v) is 5.19. The normalized spacial score (nSPS) is 29.6. The Morgan fingerprint density at radius 2 is 1.78 bits per heavy atom. The second kappa shape index (κ2) is 7.02. The Morgan fingerprint density at radius 1 is 1.13 bits per heavy atom. The lowest BCUT2D eigenvalue weighted by Crippen LogP contribution is -2.52. The van der Waals surface area contributed by atoms with Gasteiger partial charge < -0.3 is 15.2 Å². The number of hydrogen-bond donors (Lipinski definition) is 2. The number of fused-ring (bicyclic) bond motifs is 2. The molecule has 5 heteroatoms. The quantitative estimate of drug-likeness (QED) is 0.894. The third kappa shape index (κ3) is 3.84. The first kappa shape index (κ1) is 15.8. The minimum atomic E-state index is -0.702. The molecule has 0 aliphatic heterocycles. The molecule has 1 amide bonds. The van der Waals surface area contributed by atoms with Crippen molar-refractivity contribution in [2.24, 2.45) is 17.8 Å². The number of ether oxygens (including phenoxy) is 1. The van der Waals surface area contributed by atoms with Crippen LogP contribution in [0.5, 0.6) is 0 Å². The monoisotopic (exact) mass is 317 g/mol. The van der Waals surface area contributed by atoms with Gasteiger partial charge in [-0.05, 0) is 43.1 Å². The fraction of sp³-hybridized carbons (Fsp3) is 0.556. The number of benzene rings is 1. The summed E-state index contributed by atoms with van der Waals surface area (Å²) in [7, 11) is 0. The van der Waals surface area contributed by atoms with E-state index in [4.69, 9.17) is 4.74 Å². The molecule has 2 bridgehead atoms. The van der Waals surface area contributed by atoms with Crippen LogP contribution >= 0.6 is 0 Å². The summed E-state index contributed by atoms with van der Waals surface area (Å²) in [5.41, 5.74) is 0.956. The fourth-order valence-electron chi connectivity index (χ4n) is 4.08. The van der Waals surface area contributed by atoms with E-state index in [9.17, 15) is 14.7 Å². The number of amides is 1. The highest BCUT2D eigenvalue weighted by Crippen LogP contribution is 2.42. The predicted octanol–water partition coefficient (Wildman–Crippen LogP) is 3.19. The first-order valence-corrected chi connectivity index (χ1v) is 8.33. The number of aliphatic carboxylic acids is 1. The van der Waals surface area contributed by atoms with Crippen molar-refractivity contribution in [3.05, 3.63) is 35.9 Å². The molecule has 0 saturated heterocycles. The Labute approximate surface area is 136 Å². The lowest BCUT2D eigenvalue weighted by atomic mass is 9.65. The van der Waals surface area contributed by atoms with E-state index in [2.05, 4.69) is 5.32 Å². The minimum absolute atomic E-state index is 0.0580. The van der Waals surface area contributed by atoms with Crippen LogP contribution < -0.4 is 5.32 Å². The van der Waals surface area contributed by atoms with Crippen LogP contribution in [0, 0.1) is 17.8 Å².